The van der Waals surface area contributed by atoms with Crippen molar-refractivity contribution in [1.29, 1.82) is 0 Å². The molecule has 340 valence electrons. The van der Waals surface area contributed by atoms with Gasteiger partial charge in [-0.3, -0.25) is 0 Å². The molecular formula is C59H74Cl2OSiZr-2. The summed E-state index contributed by atoms with van der Waals surface area (Å²) in [6.45, 7) is 30.0. The van der Waals surface area contributed by atoms with Crippen LogP contribution in [0.5, 0.6) is 0 Å². The predicted molar refractivity (Wildman–Crippen MR) is 272 cm³/mol. The molecule has 1 nitrogen and oxygen atoms in total. The normalized spacial score (nSPS) is 11.6. The van der Waals surface area contributed by atoms with Crippen LogP contribution in [0.25, 0.3) is 43.8 Å². The van der Waals surface area contributed by atoms with E-state index in [-0.39, 0.29) is 46.7 Å². The summed E-state index contributed by atoms with van der Waals surface area (Å²) in [5, 5.41) is 7.11. The monoisotopic (exact) mass is 986 g/mol. The van der Waals surface area contributed by atoms with Crippen molar-refractivity contribution in [2.75, 3.05) is 6.61 Å². The van der Waals surface area contributed by atoms with Crippen molar-refractivity contribution in [3.8, 4) is 22.3 Å². The molecule has 7 rings (SSSR count). The Morgan fingerprint density at radius 2 is 1.11 bits per heavy atom. The Bertz CT molecular complexity index is 2490. The maximum absolute atomic E-state index is 5.85. The zero-order valence-electron chi connectivity index (χ0n) is 41.2. The third-order valence-electron chi connectivity index (χ3n) is 11.9. The zero-order chi connectivity index (χ0) is 45.2. The SMILES string of the molecule is CC(C)c1cc2c(-c3ccc(C(C)(C)C)cc3)cccc2[cH-]1.C[Si](=[Zr+2])c1ccccc1.Cc1[cH-]c2cccc(-c3ccc(C(C)(C)C)cc3)c2c1CCCCCCOC(C)(C)C.[Cl-].[Cl-]. The van der Waals surface area contributed by atoms with Crippen LogP contribution in [0.3, 0.4) is 0 Å². The van der Waals surface area contributed by atoms with E-state index in [4.69, 9.17) is 4.74 Å². The van der Waals surface area contributed by atoms with Gasteiger partial charge in [0, 0.05) is 6.61 Å². The number of unbranched alkanes of at least 4 members (excludes halogenated alkanes) is 3. The first-order valence-electron chi connectivity index (χ1n) is 23.1. The van der Waals surface area contributed by atoms with Crippen LogP contribution >= 0.6 is 0 Å². The van der Waals surface area contributed by atoms with Gasteiger partial charge in [-0.2, -0.15) is 6.07 Å². The molecule has 0 radical (unpaired) electrons. The average Bonchev–Trinajstić information content (AvgIpc) is 3.81. The smallest absolute Gasteiger partial charge is 0.0598 e. The predicted octanol–water partition coefficient (Wildman–Crippen LogP) is 10.5. The molecule has 0 atom stereocenters. The van der Waals surface area contributed by atoms with Gasteiger partial charge in [-0.15, -0.1) is 74.6 Å². The van der Waals surface area contributed by atoms with E-state index in [1.807, 2.05) is 0 Å². The summed E-state index contributed by atoms with van der Waals surface area (Å²) in [4.78, 5) is 0. The van der Waals surface area contributed by atoms with Crippen molar-refractivity contribution < 1.29 is 52.9 Å². The minimum absolute atomic E-state index is 0. The molecule has 0 spiro atoms. The molecule has 0 aromatic heterocycles. The minimum Gasteiger partial charge on any atom is -1.00 e. The largest absolute Gasteiger partial charge is 1.00 e. The van der Waals surface area contributed by atoms with Gasteiger partial charge in [0.1, 0.15) is 0 Å². The fourth-order valence-corrected chi connectivity index (χ4v) is 10.00. The van der Waals surface area contributed by atoms with Gasteiger partial charge in [0.15, 0.2) is 0 Å². The third kappa shape index (κ3) is 15.8. The van der Waals surface area contributed by atoms with E-state index in [0.717, 1.165) is 19.4 Å². The number of aryl methyl sites for hydroxylation is 2. The number of hydrogen-bond donors (Lipinski definition) is 0. The van der Waals surface area contributed by atoms with Crippen molar-refractivity contribution >= 4 is 32.2 Å². The molecule has 0 aliphatic heterocycles. The first-order chi connectivity index (χ1) is 29.2. The summed E-state index contributed by atoms with van der Waals surface area (Å²) in [6, 6.07) is 49.4. The summed E-state index contributed by atoms with van der Waals surface area (Å²) in [5.74, 6) is 0.573. The van der Waals surface area contributed by atoms with Crippen molar-refractivity contribution in [3.05, 3.63) is 161 Å². The van der Waals surface area contributed by atoms with Crippen LogP contribution in [-0.2, 0) is 45.3 Å². The first-order valence-corrected chi connectivity index (χ1v) is 28.8. The molecule has 0 aliphatic rings. The molecule has 7 aromatic rings. The standard InChI is InChI=1S/C30H41O.C22H25.C7H8Si.2ClH.Zr/c1-22-21-24-13-12-15-27(23-16-18-25(19-17-23)29(2,3)4)28(24)26(22)14-10-8-9-11-20-31-30(5,6)7;1-15(2)18-13-17-7-6-8-20(21(17)14-18)16-9-11-19(12-10-16)22(3,4)5;1-8-7-5-3-2-4-6-7;;;/h12-13,15-19,21H,8-11,14,20H2,1-7H3;6-15H,1-5H3;2-6H,1H3;2*1H;/q2*-1;;;;+2/p-2. The molecule has 0 amide bonds. The van der Waals surface area contributed by atoms with Gasteiger partial charge in [-0.25, -0.2) is 0 Å². The summed E-state index contributed by atoms with van der Waals surface area (Å²) < 4.78 is 5.85. The summed E-state index contributed by atoms with van der Waals surface area (Å²) in [5.41, 5.74) is 12.8. The number of benzene rings is 5. The number of halogens is 2. The van der Waals surface area contributed by atoms with Crippen LogP contribution in [-0.4, -0.2) is 17.6 Å². The molecular weight excluding hydrogens is 915 g/mol. The average molecular weight is 989 g/mol. The number of rotatable bonds is 11. The molecule has 0 N–H and O–H groups in total. The second-order valence-corrected chi connectivity index (χ2v) is 28.0. The first kappa shape index (κ1) is 55.3. The topological polar surface area (TPSA) is 9.23 Å². The van der Waals surface area contributed by atoms with Gasteiger partial charge in [-0.05, 0) is 66.2 Å². The molecule has 64 heavy (non-hydrogen) atoms. The molecule has 0 heterocycles. The Hall–Kier alpha value is -3.04. The van der Waals surface area contributed by atoms with Crippen LogP contribution in [0.15, 0.2) is 133 Å². The van der Waals surface area contributed by atoms with E-state index in [0.29, 0.717) is 5.92 Å². The van der Waals surface area contributed by atoms with Crippen LogP contribution in [0.2, 0.25) is 6.55 Å². The number of fused-ring (bicyclic) bond motifs is 2. The Kier molecular flexibility index (Phi) is 21.3. The maximum Gasteiger partial charge on any atom is 0.0598 e. The van der Waals surface area contributed by atoms with E-state index in [1.54, 1.807) is 28.5 Å². The van der Waals surface area contributed by atoms with Gasteiger partial charge < -0.3 is 29.6 Å². The maximum atomic E-state index is 5.85. The second-order valence-electron chi connectivity index (χ2n) is 20.6. The fraction of sp³-hybridized carbons (Fsp3) is 0.390. The van der Waals surface area contributed by atoms with Crippen LogP contribution in [0.4, 0.5) is 0 Å². The van der Waals surface area contributed by atoms with E-state index >= 15 is 0 Å². The molecule has 5 heteroatoms. The molecule has 7 aromatic carbocycles. The quantitative estimate of drug-likeness (QED) is 0.0713. The van der Waals surface area contributed by atoms with Gasteiger partial charge in [0.05, 0.1) is 5.60 Å². The van der Waals surface area contributed by atoms with Gasteiger partial charge in [0.2, 0.25) is 0 Å². The van der Waals surface area contributed by atoms with E-state index in [9.17, 15) is 0 Å². The third-order valence-corrected chi connectivity index (χ3v) is 15.2. The molecule has 0 saturated heterocycles. The second kappa shape index (κ2) is 24.6. The van der Waals surface area contributed by atoms with Crippen molar-refractivity contribution in [2.24, 2.45) is 0 Å². The molecule has 0 bridgehead atoms. The number of ether oxygens (including phenoxy) is 1. The van der Waals surface area contributed by atoms with Crippen molar-refractivity contribution in [3.63, 3.8) is 0 Å². The van der Waals surface area contributed by atoms with Crippen molar-refractivity contribution in [2.45, 2.75) is 144 Å². The zero-order valence-corrected chi connectivity index (χ0v) is 46.2. The molecule has 0 saturated carbocycles. The van der Waals surface area contributed by atoms with Crippen LogP contribution < -0.4 is 30.0 Å². The summed E-state index contributed by atoms with van der Waals surface area (Å²) >= 11 is 1.69. The van der Waals surface area contributed by atoms with Crippen molar-refractivity contribution in [1.82, 2.24) is 0 Å². The number of hydrogen-bond acceptors (Lipinski definition) is 1. The van der Waals surface area contributed by atoms with Crippen LogP contribution in [0.1, 0.15) is 136 Å². The Balaban J connectivity index is 0.000000286. The summed E-state index contributed by atoms with van der Waals surface area (Å²) in [7, 11) is 0. The Labute approximate surface area is 416 Å². The summed E-state index contributed by atoms with van der Waals surface area (Å²) in [6.07, 6.45) is 6.07. The Morgan fingerprint density at radius 3 is 1.61 bits per heavy atom. The molecule has 0 fully saturated rings. The van der Waals surface area contributed by atoms with Crippen LogP contribution in [0, 0.1) is 6.92 Å². The van der Waals surface area contributed by atoms with Gasteiger partial charge in [0.25, 0.3) is 0 Å². The fourth-order valence-electron chi connectivity index (χ4n) is 8.07. The van der Waals surface area contributed by atoms with Gasteiger partial charge in [-0.1, -0.05) is 160 Å². The van der Waals surface area contributed by atoms with E-state index < -0.39 is 0 Å². The van der Waals surface area contributed by atoms with Gasteiger partial charge >= 0.3 is 70.8 Å². The molecule has 0 aliphatic carbocycles. The van der Waals surface area contributed by atoms with E-state index in [2.05, 4.69) is 223 Å². The molecule has 0 unspecified atom stereocenters. The minimum atomic E-state index is -0.122. The Morgan fingerprint density at radius 1 is 0.594 bits per heavy atom. The van der Waals surface area contributed by atoms with E-state index in [1.165, 1.54) is 90.9 Å².